The number of benzene rings is 1. The number of hydrogen-bond donors (Lipinski definition) is 0. The second-order valence-electron chi connectivity index (χ2n) is 10.8. The first-order valence-corrected chi connectivity index (χ1v) is 13.7. The maximum absolute atomic E-state index is 9.92. The van der Waals surface area contributed by atoms with Crippen LogP contribution in [0.2, 0.25) is 0 Å². The maximum Gasteiger partial charge on any atom is 0.0658 e. The first kappa shape index (κ1) is 24.4. The van der Waals surface area contributed by atoms with E-state index in [1.165, 1.54) is 108 Å². The molecule has 2 aliphatic carbocycles. The molecule has 31 heavy (non-hydrogen) atoms. The third-order valence-corrected chi connectivity index (χ3v) is 8.55. The van der Waals surface area contributed by atoms with Gasteiger partial charge in [0, 0.05) is 5.92 Å². The summed E-state index contributed by atoms with van der Waals surface area (Å²) in [6, 6.07) is 12.3. The second kappa shape index (κ2) is 13.3. The maximum atomic E-state index is 9.92. The van der Waals surface area contributed by atoms with Crippen LogP contribution in [0.1, 0.15) is 127 Å². The quantitative estimate of drug-likeness (QED) is 0.327. The van der Waals surface area contributed by atoms with E-state index in [-0.39, 0.29) is 0 Å². The third-order valence-electron chi connectivity index (χ3n) is 8.55. The van der Waals surface area contributed by atoms with Crippen molar-refractivity contribution in [2.24, 2.45) is 23.7 Å². The number of rotatable bonds is 11. The van der Waals surface area contributed by atoms with Crippen LogP contribution in [0.4, 0.5) is 0 Å². The van der Waals surface area contributed by atoms with Crippen molar-refractivity contribution in [1.82, 2.24) is 0 Å². The highest BCUT2D eigenvalue weighted by Gasteiger charge is 2.31. The lowest BCUT2D eigenvalue weighted by atomic mass is 9.70. The molecule has 1 nitrogen and oxygen atoms in total. The van der Waals surface area contributed by atoms with Gasteiger partial charge in [-0.05, 0) is 92.6 Å². The number of unbranched alkanes of at least 4 members (excludes halogenated alkanes) is 3. The zero-order chi connectivity index (χ0) is 21.9. The summed E-state index contributed by atoms with van der Waals surface area (Å²) in [4.78, 5) is 0. The van der Waals surface area contributed by atoms with Crippen molar-refractivity contribution in [2.75, 3.05) is 0 Å². The summed E-state index contributed by atoms with van der Waals surface area (Å²) in [5, 5.41) is 9.92. The van der Waals surface area contributed by atoms with Gasteiger partial charge < -0.3 is 0 Å². The van der Waals surface area contributed by atoms with Crippen molar-refractivity contribution >= 4 is 0 Å². The van der Waals surface area contributed by atoms with E-state index >= 15 is 0 Å². The van der Waals surface area contributed by atoms with Crippen LogP contribution < -0.4 is 0 Å². The molecule has 2 fully saturated rings. The van der Waals surface area contributed by atoms with E-state index in [2.05, 4.69) is 44.2 Å². The molecule has 3 rings (SSSR count). The minimum atomic E-state index is 0.316. The molecule has 2 saturated carbocycles. The van der Waals surface area contributed by atoms with Gasteiger partial charge in [-0.15, -0.1) is 0 Å². The van der Waals surface area contributed by atoms with Crippen LogP contribution in [0.5, 0.6) is 0 Å². The normalized spacial score (nSPS) is 27.5. The summed E-state index contributed by atoms with van der Waals surface area (Å²) in [6.45, 7) is 4.56. The van der Waals surface area contributed by atoms with Gasteiger partial charge in [0.15, 0.2) is 0 Å². The number of nitrogens with zero attached hydrogens (tertiary/aromatic N) is 1. The molecule has 0 saturated heterocycles. The smallest absolute Gasteiger partial charge is 0.0658 e. The monoisotopic (exact) mass is 421 g/mol. The SMILES string of the molecule is CCCCCC1CCC(C(C#N)CC2CCC(c3ccc(CCCC)cc3)CC2)CC1. The molecule has 0 amide bonds. The van der Waals surface area contributed by atoms with Crippen LogP contribution >= 0.6 is 0 Å². The van der Waals surface area contributed by atoms with Crippen LogP contribution in [0.15, 0.2) is 24.3 Å². The summed E-state index contributed by atoms with van der Waals surface area (Å²) in [5.41, 5.74) is 3.05. The van der Waals surface area contributed by atoms with Gasteiger partial charge in [-0.3, -0.25) is 0 Å². The molecule has 0 bridgehead atoms. The Kier molecular flexibility index (Phi) is 10.5. The van der Waals surface area contributed by atoms with Gasteiger partial charge in [0.1, 0.15) is 0 Å². The van der Waals surface area contributed by atoms with Crippen LogP contribution in [-0.2, 0) is 6.42 Å². The van der Waals surface area contributed by atoms with Crippen molar-refractivity contribution < 1.29 is 0 Å². The summed E-state index contributed by atoms with van der Waals surface area (Å²) in [6.07, 6.45) is 21.2. The molecule has 1 unspecified atom stereocenters. The minimum Gasteiger partial charge on any atom is -0.198 e. The molecule has 0 aromatic heterocycles. The highest BCUT2D eigenvalue weighted by Crippen LogP contribution is 2.42. The predicted molar refractivity (Wildman–Crippen MR) is 133 cm³/mol. The lowest BCUT2D eigenvalue weighted by Gasteiger charge is -2.34. The van der Waals surface area contributed by atoms with Crippen LogP contribution in [0, 0.1) is 35.0 Å². The summed E-state index contributed by atoms with van der Waals surface area (Å²) >= 11 is 0. The fraction of sp³-hybridized carbons (Fsp3) is 0.767. The van der Waals surface area contributed by atoms with E-state index in [1.54, 1.807) is 5.56 Å². The van der Waals surface area contributed by atoms with Crippen LogP contribution in [0.25, 0.3) is 0 Å². The van der Waals surface area contributed by atoms with E-state index in [9.17, 15) is 5.26 Å². The second-order valence-corrected chi connectivity index (χ2v) is 10.8. The Balaban J connectivity index is 1.40. The fourth-order valence-corrected chi connectivity index (χ4v) is 6.34. The lowest BCUT2D eigenvalue weighted by Crippen LogP contribution is -2.24. The van der Waals surface area contributed by atoms with E-state index in [4.69, 9.17) is 0 Å². The summed E-state index contributed by atoms with van der Waals surface area (Å²) in [7, 11) is 0. The first-order chi connectivity index (χ1) is 15.2. The molecule has 1 aromatic rings. The molecule has 1 aromatic carbocycles. The number of nitriles is 1. The predicted octanol–water partition coefficient (Wildman–Crippen LogP) is 9.22. The fourth-order valence-electron chi connectivity index (χ4n) is 6.34. The molecule has 1 heteroatoms. The van der Waals surface area contributed by atoms with Crippen molar-refractivity contribution in [3.63, 3.8) is 0 Å². The number of hydrogen-bond acceptors (Lipinski definition) is 1. The average Bonchev–Trinajstić information content (AvgIpc) is 2.83. The van der Waals surface area contributed by atoms with Crippen molar-refractivity contribution in [1.29, 1.82) is 5.26 Å². The largest absolute Gasteiger partial charge is 0.198 e. The minimum absolute atomic E-state index is 0.316. The van der Waals surface area contributed by atoms with Gasteiger partial charge in [-0.1, -0.05) is 83.1 Å². The molecular formula is C30H47N. The van der Waals surface area contributed by atoms with Gasteiger partial charge in [0.25, 0.3) is 0 Å². The number of aryl methyl sites for hydroxylation is 1. The van der Waals surface area contributed by atoms with Gasteiger partial charge in [-0.2, -0.15) is 5.26 Å². The molecule has 0 heterocycles. The highest BCUT2D eigenvalue weighted by molar-refractivity contribution is 5.26. The molecule has 0 spiro atoms. The molecule has 2 aliphatic rings. The standard InChI is InChI=1S/C30H47N/c1-3-5-7-9-25-12-18-29(19-13-25)30(23-31)22-26-14-20-28(21-15-26)27-16-10-24(11-17-27)8-6-4-2/h10-11,16-17,25-26,28-30H,3-9,12-15,18-22H2,1-2H3. The Morgan fingerprint density at radius 3 is 2.06 bits per heavy atom. The van der Waals surface area contributed by atoms with E-state index in [1.807, 2.05) is 0 Å². The first-order valence-electron chi connectivity index (χ1n) is 13.7. The van der Waals surface area contributed by atoms with E-state index in [0.29, 0.717) is 11.8 Å². The Labute approximate surface area is 193 Å². The van der Waals surface area contributed by atoms with E-state index in [0.717, 1.165) is 17.8 Å². The van der Waals surface area contributed by atoms with Gasteiger partial charge in [0.2, 0.25) is 0 Å². The van der Waals surface area contributed by atoms with Crippen LogP contribution in [-0.4, -0.2) is 0 Å². The Hall–Kier alpha value is -1.29. The topological polar surface area (TPSA) is 23.8 Å². The van der Waals surface area contributed by atoms with Gasteiger partial charge in [0.05, 0.1) is 6.07 Å². The zero-order valence-corrected chi connectivity index (χ0v) is 20.5. The molecule has 0 N–H and O–H groups in total. The Bertz CT molecular complexity index is 638. The Morgan fingerprint density at radius 1 is 0.806 bits per heavy atom. The average molecular weight is 422 g/mol. The highest BCUT2D eigenvalue weighted by atomic mass is 14.4. The van der Waals surface area contributed by atoms with Gasteiger partial charge >= 0.3 is 0 Å². The van der Waals surface area contributed by atoms with Crippen LogP contribution in [0.3, 0.4) is 0 Å². The molecule has 172 valence electrons. The molecule has 1 atom stereocenters. The molecule has 0 aliphatic heterocycles. The van der Waals surface area contributed by atoms with Crippen molar-refractivity contribution in [3.05, 3.63) is 35.4 Å². The third kappa shape index (κ3) is 7.66. The van der Waals surface area contributed by atoms with E-state index < -0.39 is 0 Å². The lowest BCUT2D eigenvalue weighted by molar-refractivity contribution is 0.187. The van der Waals surface area contributed by atoms with Crippen molar-refractivity contribution in [2.45, 2.75) is 122 Å². The Morgan fingerprint density at radius 2 is 1.45 bits per heavy atom. The zero-order valence-electron chi connectivity index (χ0n) is 20.5. The van der Waals surface area contributed by atoms with Crippen molar-refractivity contribution in [3.8, 4) is 6.07 Å². The summed E-state index contributed by atoms with van der Waals surface area (Å²) < 4.78 is 0. The summed E-state index contributed by atoms with van der Waals surface area (Å²) in [5.74, 6) is 3.48. The van der Waals surface area contributed by atoms with Gasteiger partial charge in [-0.25, -0.2) is 0 Å². The molecule has 0 radical (unpaired) electrons. The molecular weight excluding hydrogens is 374 g/mol.